The number of hydrogen-bond donors (Lipinski definition) is 0. The molecule has 0 aliphatic heterocycles. The molecule has 1 heterocycles. The third-order valence-electron chi connectivity index (χ3n) is 2.53. The number of ether oxygens (including phenoxy) is 1. The highest BCUT2D eigenvalue weighted by Crippen LogP contribution is 2.35. The quantitative estimate of drug-likeness (QED) is 0.460. The number of nitro benzene ring substituents is 1. The Morgan fingerprint density at radius 2 is 2.24 bits per heavy atom. The number of ketones is 1. The molecule has 0 fully saturated rings. The van der Waals surface area contributed by atoms with Crippen molar-refractivity contribution < 1.29 is 19.0 Å². The predicted molar refractivity (Wildman–Crippen MR) is 74.2 cm³/mol. The van der Waals surface area contributed by atoms with Crippen LogP contribution in [0.5, 0.6) is 5.75 Å². The third-order valence-corrected chi connectivity index (χ3v) is 2.98. The Hall–Kier alpha value is -2.29. The van der Waals surface area contributed by atoms with Crippen molar-refractivity contribution in [3.05, 3.63) is 44.0 Å². The van der Waals surface area contributed by atoms with Crippen molar-refractivity contribution >= 4 is 27.4 Å². The van der Waals surface area contributed by atoms with Gasteiger partial charge in [0, 0.05) is 17.5 Å². The summed E-state index contributed by atoms with van der Waals surface area (Å²) in [6.45, 7) is 2.77. The maximum Gasteiger partial charge on any atom is 0.312 e. The molecule has 1 aromatic heterocycles. The van der Waals surface area contributed by atoms with Crippen molar-refractivity contribution in [2.45, 2.75) is 20.5 Å². The molecule has 0 spiro atoms. The van der Waals surface area contributed by atoms with E-state index >= 15 is 0 Å². The number of nitro groups is 1. The average molecular weight is 356 g/mol. The fraction of sp³-hybridized carbons (Fsp3) is 0.250. The Bertz CT molecular complexity index is 678. The van der Waals surface area contributed by atoms with E-state index in [-0.39, 0.29) is 35.2 Å². The first-order valence-corrected chi connectivity index (χ1v) is 6.58. The van der Waals surface area contributed by atoms with Gasteiger partial charge in [-0.15, -0.1) is 0 Å². The second-order valence-corrected chi connectivity index (χ2v) is 5.05. The van der Waals surface area contributed by atoms with Gasteiger partial charge in [-0.3, -0.25) is 14.9 Å². The first-order valence-electron chi connectivity index (χ1n) is 5.79. The zero-order valence-corrected chi connectivity index (χ0v) is 12.7. The van der Waals surface area contributed by atoms with E-state index in [9.17, 15) is 14.9 Å². The number of hydrogen-bond acceptors (Lipinski definition) is 7. The van der Waals surface area contributed by atoms with Crippen molar-refractivity contribution in [1.29, 1.82) is 0 Å². The number of carbonyl (C=O) groups excluding carboxylic acids is 1. The highest BCUT2D eigenvalue weighted by atomic mass is 79.9. The van der Waals surface area contributed by atoms with Crippen LogP contribution in [-0.4, -0.2) is 20.8 Å². The van der Waals surface area contributed by atoms with E-state index in [1.54, 1.807) is 6.92 Å². The summed E-state index contributed by atoms with van der Waals surface area (Å²) >= 11 is 3.13. The van der Waals surface area contributed by atoms with Gasteiger partial charge in [-0.1, -0.05) is 21.1 Å². The number of halogens is 1. The molecular formula is C12H10BrN3O5. The number of benzene rings is 1. The third kappa shape index (κ3) is 3.43. The van der Waals surface area contributed by atoms with Gasteiger partial charge >= 0.3 is 5.69 Å². The fourth-order valence-corrected chi connectivity index (χ4v) is 2.11. The highest BCUT2D eigenvalue weighted by Gasteiger charge is 2.23. The first kappa shape index (κ1) is 15.1. The molecule has 0 saturated carbocycles. The normalized spacial score (nSPS) is 10.4. The van der Waals surface area contributed by atoms with Gasteiger partial charge in [-0.25, -0.2) is 0 Å². The highest BCUT2D eigenvalue weighted by molar-refractivity contribution is 9.10. The van der Waals surface area contributed by atoms with Crippen LogP contribution in [0.1, 0.15) is 29.0 Å². The SMILES string of the molecule is CC(=O)c1cc(Br)cc([N+](=O)[O-])c1OCc1noc(C)n1. The Labute approximate surface area is 127 Å². The monoisotopic (exact) mass is 355 g/mol. The van der Waals surface area contributed by atoms with Crippen LogP contribution >= 0.6 is 15.9 Å². The molecule has 0 radical (unpaired) electrons. The van der Waals surface area contributed by atoms with Crippen LogP contribution in [-0.2, 0) is 6.61 Å². The van der Waals surface area contributed by atoms with Gasteiger partial charge in [0.15, 0.2) is 12.4 Å². The molecule has 21 heavy (non-hydrogen) atoms. The van der Waals surface area contributed by atoms with E-state index in [2.05, 4.69) is 26.1 Å². The zero-order chi connectivity index (χ0) is 15.6. The molecule has 110 valence electrons. The van der Waals surface area contributed by atoms with Gasteiger partial charge in [-0.05, 0) is 13.0 Å². The summed E-state index contributed by atoms with van der Waals surface area (Å²) in [7, 11) is 0. The summed E-state index contributed by atoms with van der Waals surface area (Å²) in [6.07, 6.45) is 0. The van der Waals surface area contributed by atoms with Crippen molar-refractivity contribution in [3.8, 4) is 5.75 Å². The molecular weight excluding hydrogens is 346 g/mol. The van der Waals surface area contributed by atoms with E-state index in [0.717, 1.165) is 0 Å². The molecule has 0 N–H and O–H groups in total. The summed E-state index contributed by atoms with van der Waals surface area (Å²) in [5.41, 5.74) is -0.203. The Morgan fingerprint density at radius 3 is 2.76 bits per heavy atom. The maximum atomic E-state index is 11.6. The molecule has 2 aromatic rings. The van der Waals surface area contributed by atoms with Crippen LogP contribution < -0.4 is 4.74 Å². The summed E-state index contributed by atoms with van der Waals surface area (Å²) in [6, 6.07) is 2.73. The summed E-state index contributed by atoms with van der Waals surface area (Å²) in [5.74, 6) is 0.127. The molecule has 0 atom stereocenters. The molecule has 0 aliphatic carbocycles. The second kappa shape index (κ2) is 6.00. The van der Waals surface area contributed by atoms with Crippen LogP contribution in [0.25, 0.3) is 0 Å². The Kier molecular flexibility index (Phi) is 4.32. The minimum absolute atomic E-state index is 0.108. The summed E-state index contributed by atoms with van der Waals surface area (Å²) in [5, 5.41) is 14.7. The van der Waals surface area contributed by atoms with E-state index in [0.29, 0.717) is 10.4 Å². The minimum Gasteiger partial charge on any atom is -0.478 e. The molecule has 2 rings (SSSR count). The van der Waals surface area contributed by atoms with E-state index in [4.69, 9.17) is 9.26 Å². The Morgan fingerprint density at radius 1 is 1.52 bits per heavy atom. The fourth-order valence-electron chi connectivity index (χ4n) is 1.66. The lowest BCUT2D eigenvalue weighted by atomic mass is 10.1. The van der Waals surface area contributed by atoms with Crippen LogP contribution in [0.4, 0.5) is 5.69 Å². The molecule has 0 amide bonds. The lowest BCUT2D eigenvalue weighted by Gasteiger charge is -2.09. The molecule has 8 nitrogen and oxygen atoms in total. The van der Waals surface area contributed by atoms with E-state index < -0.39 is 4.92 Å². The minimum atomic E-state index is -0.617. The van der Waals surface area contributed by atoms with Crippen molar-refractivity contribution in [3.63, 3.8) is 0 Å². The lowest BCUT2D eigenvalue weighted by Crippen LogP contribution is -2.06. The number of nitrogens with zero attached hydrogens (tertiary/aromatic N) is 3. The van der Waals surface area contributed by atoms with Gasteiger partial charge < -0.3 is 9.26 Å². The number of aromatic nitrogens is 2. The van der Waals surface area contributed by atoms with Crippen molar-refractivity contribution in [1.82, 2.24) is 10.1 Å². The van der Waals surface area contributed by atoms with Crippen LogP contribution in [0.15, 0.2) is 21.1 Å². The second-order valence-electron chi connectivity index (χ2n) is 4.13. The van der Waals surface area contributed by atoms with Crippen LogP contribution in [0, 0.1) is 17.0 Å². The molecule has 1 aromatic carbocycles. The molecule has 0 unspecified atom stereocenters. The van der Waals surface area contributed by atoms with E-state index in [1.165, 1.54) is 19.1 Å². The summed E-state index contributed by atoms with van der Waals surface area (Å²) < 4.78 is 10.6. The first-order chi connectivity index (χ1) is 9.88. The predicted octanol–water partition coefficient (Wildman–Crippen LogP) is 2.83. The molecule has 9 heteroatoms. The van der Waals surface area contributed by atoms with E-state index in [1.807, 2.05) is 0 Å². The number of carbonyl (C=O) groups is 1. The molecule has 0 bridgehead atoms. The zero-order valence-electron chi connectivity index (χ0n) is 11.1. The lowest BCUT2D eigenvalue weighted by molar-refractivity contribution is -0.386. The van der Waals surface area contributed by atoms with Gasteiger partial charge in [-0.2, -0.15) is 4.98 Å². The Balaban J connectivity index is 2.39. The number of Topliss-reactive ketones (excluding diaryl/α,β-unsaturated/α-hetero) is 1. The smallest absolute Gasteiger partial charge is 0.312 e. The number of aryl methyl sites for hydroxylation is 1. The van der Waals surface area contributed by atoms with Gasteiger partial charge in [0.05, 0.1) is 10.5 Å². The molecule has 0 saturated heterocycles. The van der Waals surface area contributed by atoms with Gasteiger partial charge in [0.25, 0.3) is 0 Å². The van der Waals surface area contributed by atoms with Crippen molar-refractivity contribution in [2.24, 2.45) is 0 Å². The van der Waals surface area contributed by atoms with Crippen LogP contribution in [0.2, 0.25) is 0 Å². The standard InChI is InChI=1S/C12H10BrN3O5/c1-6(17)9-3-8(13)4-10(16(18)19)12(9)20-5-11-14-7(2)21-15-11/h3-4H,5H2,1-2H3. The largest absolute Gasteiger partial charge is 0.478 e. The van der Waals surface area contributed by atoms with Gasteiger partial charge in [0.2, 0.25) is 17.5 Å². The van der Waals surface area contributed by atoms with Crippen molar-refractivity contribution in [2.75, 3.05) is 0 Å². The number of rotatable bonds is 5. The molecule has 0 aliphatic rings. The van der Waals surface area contributed by atoms with Crippen LogP contribution in [0.3, 0.4) is 0 Å². The maximum absolute atomic E-state index is 11.6. The summed E-state index contributed by atoms with van der Waals surface area (Å²) in [4.78, 5) is 26.1. The average Bonchev–Trinajstić information content (AvgIpc) is 2.81. The van der Waals surface area contributed by atoms with Gasteiger partial charge in [0.1, 0.15) is 0 Å². The topological polar surface area (TPSA) is 108 Å².